The average molecular weight is 390 g/mol. The van der Waals surface area contributed by atoms with Gasteiger partial charge in [-0.2, -0.15) is 0 Å². The molecule has 29 heavy (non-hydrogen) atoms. The normalized spacial score (nSPS) is 13.4. The summed E-state index contributed by atoms with van der Waals surface area (Å²) in [5, 5.41) is 2.88. The maximum absolute atomic E-state index is 13.0. The van der Waals surface area contributed by atoms with Crippen LogP contribution in [0.3, 0.4) is 0 Å². The van der Waals surface area contributed by atoms with E-state index < -0.39 is 0 Å². The lowest BCUT2D eigenvalue weighted by molar-refractivity contribution is -0.117. The van der Waals surface area contributed by atoms with Crippen LogP contribution in [0.25, 0.3) is 0 Å². The SMILES string of the molecule is O=C(Nc1ccccc1N1CCCC1=O)c1ccc(Oc2ccc(F)cc2)cc1. The quantitative estimate of drug-likeness (QED) is 0.667. The monoisotopic (exact) mass is 390 g/mol. The largest absolute Gasteiger partial charge is 0.457 e. The van der Waals surface area contributed by atoms with Gasteiger partial charge in [0.05, 0.1) is 11.4 Å². The molecule has 5 nitrogen and oxygen atoms in total. The average Bonchev–Trinajstić information content (AvgIpc) is 3.16. The van der Waals surface area contributed by atoms with Crippen molar-refractivity contribution in [1.82, 2.24) is 0 Å². The van der Waals surface area contributed by atoms with Gasteiger partial charge in [-0.15, -0.1) is 0 Å². The fourth-order valence-corrected chi connectivity index (χ4v) is 3.23. The Morgan fingerprint density at radius 3 is 2.24 bits per heavy atom. The summed E-state index contributed by atoms with van der Waals surface area (Å²) in [6, 6.07) is 19.6. The van der Waals surface area contributed by atoms with Gasteiger partial charge in [-0.3, -0.25) is 9.59 Å². The number of amides is 2. The fourth-order valence-electron chi connectivity index (χ4n) is 3.23. The van der Waals surface area contributed by atoms with E-state index in [1.54, 1.807) is 35.2 Å². The van der Waals surface area contributed by atoms with Crippen LogP contribution in [0.15, 0.2) is 72.8 Å². The first-order valence-electron chi connectivity index (χ1n) is 9.34. The molecule has 1 aliphatic rings. The zero-order chi connectivity index (χ0) is 20.2. The molecule has 1 N–H and O–H groups in total. The molecule has 2 amide bonds. The number of nitrogens with zero attached hydrogens (tertiary/aromatic N) is 1. The molecule has 3 aromatic carbocycles. The number of carbonyl (C=O) groups excluding carboxylic acids is 2. The van der Waals surface area contributed by atoms with Crippen molar-refractivity contribution in [2.75, 3.05) is 16.8 Å². The second kappa shape index (κ2) is 8.14. The van der Waals surface area contributed by atoms with E-state index in [2.05, 4.69) is 5.32 Å². The molecule has 1 fully saturated rings. The third kappa shape index (κ3) is 4.27. The first-order chi connectivity index (χ1) is 14.1. The van der Waals surface area contributed by atoms with Crippen molar-refractivity contribution in [3.8, 4) is 11.5 Å². The minimum Gasteiger partial charge on any atom is -0.457 e. The van der Waals surface area contributed by atoms with E-state index in [4.69, 9.17) is 4.74 Å². The highest BCUT2D eigenvalue weighted by molar-refractivity contribution is 6.08. The minimum atomic E-state index is -0.333. The molecule has 0 unspecified atom stereocenters. The summed E-state index contributed by atoms with van der Waals surface area (Å²) < 4.78 is 18.6. The van der Waals surface area contributed by atoms with Gasteiger partial charge in [0.1, 0.15) is 17.3 Å². The van der Waals surface area contributed by atoms with Crippen LogP contribution in [-0.2, 0) is 4.79 Å². The second-order valence-corrected chi connectivity index (χ2v) is 6.70. The van der Waals surface area contributed by atoms with E-state index in [1.807, 2.05) is 18.2 Å². The summed E-state index contributed by atoms with van der Waals surface area (Å²) in [5.74, 6) is 0.496. The molecular weight excluding hydrogens is 371 g/mol. The van der Waals surface area contributed by atoms with Crippen molar-refractivity contribution in [1.29, 1.82) is 0 Å². The molecule has 6 heteroatoms. The van der Waals surface area contributed by atoms with Crippen molar-refractivity contribution < 1.29 is 18.7 Å². The first-order valence-corrected chi connectivity index (χ1v) is 9.34. The van der Waals surface area contributed by atoms with Gasteiger partial charge in [-0.05, 0) is 67.1 Å². The molecule has 0 saturated carbocycles. The Kier molecular flexibility index (Phi) is 5.24. The first kappa shape index (κ1) is 18.7. The van der Waals surface area contributed by atoms with Gasteiger partial charge in [0.2, 0.25) is 5.91 Å². The lowest BCUT2D eigenvalue weighted by Gasteiger charge is -2.20. The number of carbonyl (C=O) groups is 2. The van der Waals surface area contributed by atoms with Crippen LogP contribution in [0, 0.1) is 5.82 Å². The van der Waals surface area contributed by atoms with Crippen molar-refractivity contribution >= 4 is 23.2 Å². The van der Waals surface area contributed by atoms with E-state index in [1.165, 1.54) is 24.3 Å². The van der Waals surface area contributed by atoms with Gasteiger partial charge in [-0.1, -0.05) is 12.1 Å². The lowest BCUT2D eigenvalue weighted by atomic mass is 10.2. The van der Waals surface area contributed by atoms with E-state index in [9.17, 15) is 14.0 Å². The number of hydrogen-bond acceptors (Lipinski definition) is 3. The van der Waals surface area contributed by atoms with Crippen molar-refractivity contribution in [3.63, 3.8) is 0 Å². The Morgan fingerprint density at radius 1 is 0.931 bits per heavy atom. The van der Waals surface area contributed by atoms with E-state index in [-0.39, 0.29) is 17.6 Å². The Bertz CT molecular complexity index is 1030. The third-order valence-electron chi connectivity index (χ3n) is 4.68. The molecule has 1 saturated heterocycles. The molecule has 1 aliphatic heterocycles. The number of rotatable bonds is 5. The molecule has 0 aliphatic carbocycles. The predicted molar refractivity (Wildman–Crippen MR) is 109 cm³/mol. The molecular formula is C23H19FN2O3. The zero-order valence-corrected chi connectivity index (χ0v) is 15.6. The standard InChI is InChI=1S/C23H19FN2O3/c24-17-9-13-19(14-10-17)29-18-11-7-16(8-12-18)23(28)25-20-4-1-2-5-21(20)26-15-3-6-22(26)27/h1-2,4-5,7-14H,3,6,15H2,(H,25,28). The van der Waals surface area contributed by atoms with Crippen molar-refractivity contribution in [2.45, 2.75) is 12.8 Å². The summed E-state index contributed by atoms with van der Waals surface area (Å²) in [4.78, 5) is 26.4. The van der Waals surface area contributed by atoms with Gasteiger partial charge < -0.3 is 15.0 Å². The van der Waals surface area contributed by atoms with Crippen LogP contribution in [0.5, 0.6) is 11.5 Å². The fraction of sp³-hybridized carbons (Fsp3) is 0.130. The number of benzene rings is 3. The molecule has 1 heterocycles. The summed E-state index contributed by atoms with van der Waals surface area (Å²) in [6.45, 7) is 0.654. The molecule has 0 aromatic heterocycles. The highest BCUT2D eigenvalue weighted by atomic mass is 19.1. The van der Waals surface area contributed by atoms with Crippen LogP contribution >= 0.6 is 0 Å². The van der Waals surface area contributed by atoms with Crippen molar-refractivity contribution in [2.24, 2.45) is 0 Å². The Labute approximate surface area is 167 Å². The van der Waals surface area contributed by atoms with Crippen LogP contribution in [0.1, 0.15) is 23.2 Å². The Balaban J connectivity index is 1.47. The maximum Gasteiger partial charge on any atom is 0.255 e. The molecule has 0 bridgehead atoms. The van der Waals surface area contributed by atoms with Crippen LogP contribution in [0.2, 0.25) is 0 Å². The number of halogens is 1. The smallest absolute Gasteiger partial charge is 0.255 e. The van der Waals surface area contributed by atoms with E-state index >= 15 is 0 Å². The molecule has 0 spiro atoms. The van der Waals surface area contributed by atoms with Gasteiger partial charge in [0.25, 0.3) is 5.91 Å². The molecule has 0 radical (unpaired) electrons. The van der Waals surface area contributed by atoms with Gasteiger partial charge >= 0.3 is 0 Å². The summed E-state index contributed by atoms with van der Waals surface area (Å²) in [6.07, 6.45) is 1.34. The number of hydrogen-bond donors (Lipinski definition) is 1. The van der Waals surface area contributed by atoms with Gasteiger partial charge in [0.15, 0.2) is 0 Å². The number of anilines is 2. The van der Waals surface area contributed by atoms with Crippen molar-refractivity contribution in [3.05, 3.63) is 84.2 Å². The minimum absolute atomic E-state index is 0.0639. The second-order valence-electron chi connectivity index (χ2n) is 6.70. The van der Waals surface area contributed by atoms with Crippen LogP contribution in [-0.4, -0.2) is 18.4 Å². The highest BCUT2D eigenvalue weighted by Gasteiger charge is 2.24. The highest BCUT2D eigenvalue weighted by Crippen LogP contribution is 2.30. The predicted octanol–water partition coefficient (Wildman–Crippen LogP) is 5.00. The number of nitrogens with one attached hydrogen (secondary N) is 1. The Hall–Kier alpha value is -3.67. The molecule has 4 rings (SSSR count). The summed E-state index contributed by atoms with van der Waals surface area (Å²) >= 11 is 0. The summed E-state index contributed by atoms with van der Waals surface area (Å²) in [7, 11) is 0. The maximum atomic E-state index is 13.0. The number of para-hydroxylation sites is 2. The van der Waals surface area contributed by atoms with E-state index in [0.717, 1.165) is 6.42 Å². The van der Waals surface area contributed by atoms with Gasteiger partial charge in [-0.25, -0.2) is 4.39 Å². The zero-order valence-electron chi connectivity index (χ0n) is 15.6. The topological polar surface area (TPSA) is 58.6 Å². The molecule has 146 valence electrons. The van der Waals surface area contributed by atoms with Crippen LogP contribution in [0.4, 0.5) is 15.8 Å². The Morgan fingerprint density at radius 2 is 1.59 bits per heavy atom. The third-order valence-corrected chi connectivity index (χ3v) is 4.68. The lowest BCUT2D eigenvalue weighted by Crippen LogP contribution is -2.25. The summed E-state index contributed by atoms with van der Waals surface area (Å²) in [5.41, 5.74) is 1.76. The molecule has 0 atom stereocenters. The van der Waals surface area contributed by atoms with Crippen LogP contribution < -0.4 is 15.0 Å². The molecule has 3 aromatic rings. The number of ether oxygens (including phenoxy) is 1. The van der Waals surface area contributed by atoms with E-state index in [0.29, 0.717) is 41.4 Å². The van der Waals surface area contributed by atoms with Gasteiger partial charge in [0, 0.05) is 18.5 Å².